The Morgan fingerprint density at radius 1 is 1.20 bits per heavy atom. The quantitative estimate of drug-likeness (QED) is 0.831. The molecule has 4 nitrogen and oxygen atoms in total. The molecule has 0 aliphatic carbocycles. The summed E-state index contributed by atoms with van der Waals surface area (Å²) in [6, 6.07) is 3.98. The van der Waals surface area contributed by atoms with Crippen LogP contribution in [0.15, 0.2) is 12.1 Å². The van der Waals surface area contributed by atoms with E-state index in [2.05, 4.69) is 20.8 Å². The number of hydrogen-bond donors (Lipinski definition) is 1. The van der Waals surface area contributed by atoms with Crippen molar-refractivity contribution < 1.29 is 19.4 Å². The average molecular weight is 280 g/mol. The first-order valence-corrected chi connectivity index (χ1v) is 6.82. The summed E-state index contributed by atoms with van der Waals surface area (Å²) in [6.07, 6.45) is 1.45. The lowest BCUT2D eigenvalue weighted by molar-refractivity contribution is -0.136. The molecule has 0 heterocycles. The standard InChI is InChI=1S/C16H24O4/c1-6-16(2,3)11-9-13(19-4)12(7-8-15(17)18)14(10-11)20-5/h9-10H,6-8H2,1-5H3,(H,17,18). The molecule has 0 saturated heterocycles. The van der Waals surface area contributed by atoms with E-state index < -0.39 is 5.97 Å². The van der Waals surface area contributed by atoms with E-state index in [0.717, 1.165) is 17.5 Å². The van der Waals surface area contributed by atoms with Crippen molar-refractivity contribution in [3.8, 4) is 11.5 Å². The summed E-state index contributed by atoms with van der Waals surface area (Å²) >= 11 is 0. The highest BCUT2D eigenvalue weighted by atomic mass is 16.5. The van der Waals surface area contributed by atoms with Crippen LogP contribution in [0.1, 0.15) is 44.7 Å². The van der Waals surface area contributed by atoms with Gasteiger partial charge in [-0.2, -0.15) is 0 Å². The molecule has 1 N–H and O–H groups in total. The minimum atomic E-state index is -0.827. The molecule has 112 valence electrons. The normalized spacial score (nSPS) is 11.2. The molecule has 0 aliphatic rings. The van der Waals surface area contributed by atoms with Crippen molar-refractivity contribution in [3.05, 3.63) is 23.3 Å². The molecule has 0 radical (unpaired) electrons. The summed E-state index contributed by atoms with van der Waals surface area (Å²) in [7, 11) is 3.20. The molecule has 0 fully saturated rings. The fourth-order valence-corrected chi connectivity index (χ4v) is 2.06. The van der Waals surface area contributed by atoms with E-state index >= 15 is 0 Å². The van der Waals surface area contributed by atoms with Gasteiger partial charge in [-0.3, -0.25) is 4.79 Å². The van der Waals surface area contributed by atoms with Crippen molar-refractivity contribution >= 4 is 5.97 Å². The van der Waals surface area contributed by atoms with E-state index in [-0.39, 0.29) is 11.8 Å². The molecular formula is C16H24O4. The minimum absolute atomic E-state index is 0.0197. The van der Waals surface area contributed by atoms with Crippen LogP contribution < -0.4 is 9.47 Å². The SMILES string of the molecule is CCC(C)(C)c1cc(OC)c(CCC(=O)O)c(OC)c1. The molecule has 0 aliphatic heterocycles. The Hall–Kier alpha value is -1.71. The van der Waals surface area contributed by atoms with E-state index in [1.165, 1.54) is 0 Å². The topological polar surface area (TPSA) is 55.8 Å². The van der Waals surface area contributed by atoms with Crippen LogP contribution in [0.25, 0.3) is 0 Å². The van der Waals surface area contributed by atoms with Gasteiger partial charge in [0, 0.05) is 12.0 Å². The molecule has 0 unspecified atom stereocenters. The molecule has 0 saturated carbocycles. The van der Waals surface area contributed by atoms with Gasteiger partial charge in [0.1, 0.15) is 11.5 Å². The van der Waals surface area contributed by atoms with Crippen LogP contribution in [0.3, 0.4) is 0 Å². The Morgan fingerprint density at radius 3 is 2.05 bits per heavy atom. The predicted octanol–water partition coefficient (Wildman–Crippen LogP) is 3.41. The Labute approximate surface area is 120 Å². The second kappa shape index (κ2) is 6.64. The maximum absolute atomic E-state index is 10.8. The zero-order valence-electron chi connectivity index (χ0n) is 12.9. The highest BCUT2D eigenvalue weighted by Crippen LogP contribution is 2.37. The molecule has 0 bridgehead atoms. The van der Waals surface area contributed by atoms with Crippen LogP contribution in [-0.4, -0.2) is 25.3 Å². The second-order valence-electron chi connectivity index (χ2n) is 5.49. The summed E-state index contributed by atoms with van der Waals surface area (Å²) in [6.45, 7) is 6.47. The first-order chi connectivity index (χ1) is 9.35. The van der Waals surface area contributed by atoms with Gasteiger partial charge in [-0.05, 0) is 36.0 Å². The van der Waals surface area contributed by atoms with Crippen molar-refractivity contribution in [2.45, 2.75) is 45.4 Å². The fraction of sp³-hybridized carbons (Fsp3) is 0.562. The molecule has 0 atom stereocenters. The summed E-state index contributed by atoms with van der Waals surface area (Å²) in [5.41, 5.74) is 1.96. The summed E-state index contributed by atoms with van der Waals surface area (Å²) in [5.74, 6) is 0.566. The Balaban J connectivity index is 3.28. The van der Waals surface area contributed by atoms with Crippen molar-refractivity contribution in [1.29, 1.82) is 0 Å². The van der Waals surface area contributed by atoms with Gasteiger partial charge in [-0.1, -0.05) is 20.8 Å². The first-order valence-electron chi connectivity index (χ1n) is 6.82. The number of methoxy groups -OCH3 is 2. The lowest BCUT2D eigenvalue weighted by Crippen LogP contribution is -2.16. The highest BCUT2D eigenvalue weighted by Gasteiger charge is 2.22. The lowest BCUT2D eigenvalue weighted by Gasteiger charge is -2.26. The number of ether oxygens (including phenoxy) is 2. The predicted molar refractivity (Wildman–Crippen MR) is 78.8 cm³/mol. The minimum Gasteiger partial charge on any atom is -0.496 e. The third-order valence-electron chi connectivity index (χ3n) is 3.86. The summed E-state index contributed by atoms with van der Waals surface area (Å²) in [5, 5.41) is 8.84. The molecular weight excluding hydrogens is 256 g/mol. The van der Waals surface area contributed by atoms with Crippen LogP contribution in [0.4, 0.5) is 0 Å². The van der Waals surface area contributed by atoms with E-state index in [9.17, 15) is 4.79 Å². The number of aliphatic carboxylic acids is 1. The second-order valence-corrected chi connectivity index (χ2v) is 5.49. The zero-order valence-corrected chi connectivity index (χ0v) is 12.9. The van der Waals surface area contributed by atoms with Crippen LogP contribution in [-0.2, 0) is 16.6 Å². The highest BCUT2D eigenvalue weighted by molar-refractivity contribution is 5.67. The van der Waals surface area contributed by atoms with Gasteiger partial charge >= 0.3 is 5.97 Å². The molecule has 1 aromatic rings. The van der Waals surface area contributed by atoms with Crippen molar-refractivity contribution in [2.75, 3.05) is 14.2 Å². The van der Waals surface area contributed by atoms with Crippen molar-refractivity contribution in [2.24, 2.45) is 0 Å². The van der Waals surface area contributed by atoms with E-state index in [1.807, 2.05) is 12.1 Å². The average Bonchev–Trinajstić information content (AvgIpc) is 2.43. The number of hydrogen-bond acceptors (Lipinski definition) is 3. The molecule has 4 heteroatoms. The monoisotopic (exact) mass is 280 g/mol. The van der Waals surface area contributed by atoms with Gasteiger partial charge in [0.2, 0.25) is 0 Å². The zero-order chi connectivity index (χ0) is 15.3. The lowest BCUT2D eigenvalue weighted by atomic mass is 9.81. The maximum atomic E-state index is 10.8. The third kappa shape index (κ3) is 3.65. The Kier molecular flexibility index (Phi) is 5.43. The maximum Gasteiger partial charge on any atom is 0.303 e. The summed E-state index contributed by atoms with van der Waals surface area (Å²) < 4.78 is 10.9. The van der Waals surface area contributed by atoms with E-state index in [0.29, 0.717) is 17.9 Å². The van der Waals surface area contributed by atoms with Gasteiger partial charge in [0.05, 0.1) is 14.2 Å². The molecule has 0 aromatic heterocycles. The number of carbonyl (C=O) groups is 1. The first kappa shape index (κ1) is 16.3. The number of benzene rings is 1. The van der Waals surface area contributed by atoms with Gasteiger partial charge in [-0.15, -0.1) is 0 Å². The molecule has 1 rings (SSSR count). The number of carboxylic acids is 1. The summed E-state index contributed by atoms with van der Waals surface area (Å²) in [4.78, 5) is 10.8. The molecule has 1 aromatic carbocycles. The largest absolute Gasteiger partial charge is 0.496 e. The van der Waals surface area contributed by atoms with Crippen molar-refractivity contribution in [1.82, 2.24) is 0 Å². The smallest absolute Gasteiger partial charge is 0.303 e. The molecule has 20 heavy (non-hydrogen) atoms. The molecule has 0 amide bonds. The van der Waals surface area contributed by atoms with Gasteiger partial charge in [0.25, 0.3) is 0 Å². The number of rotatable bonds is 7. The van der Waals surface area contributed by atoms with Crippen LogP contribution in [0.2, 0.25) is 0 Å². The van der Waals surface area contributed by atoms with Crippen LogP contribution >= 0.6 is 0 Å². The van der Waals surface area contributed by atoms with Gasteiger partial charge in [-0.25, -0.2) is 0 Å². The van der Waals surface area contributed by atoms with Gasteiger partial charge < -0.3 is 14.6 Å². The third-order valence-corrected chi connectivity index (χ3v) is 3.86. The van der Waals surface area contributed by atoms with Crippen molar-refractivity contribution in [3.63, 3.8) is 0 Å². The van der Waals surface area contributed by atoms with Crippen LogP contribution in [0.5, 0.6) is 11.5 Å². The van der Waals surface area contributed by atoms with E-state index in [1.54, 1.807) is 14.2 Å². The number of carboxylic acid groups (broad SMARTS) is 1. The van der Waals surface area contributed by atoms with Gasteiger partial charge in [0.15, 0.2) is 0 Å². The van der Waals surface area contributed by atoms with E-state index in [4.69, 9.17) is 14.6 Å². The Morgan fingerprint density at radius 2 is 1.70 bits per heavy atom. The Bertz CT molecular complexity index is 452. The van der Waals surface area contributed by atoms with Crippen LogP contribution in [0, 0.1) is 0 Å². The fourth-order valence-electron chi connectivity index (χ4n) is 2.06. The molecule has 0 spiro atoms.